The minimum Gasteiger partial charge on any atom is -0.341 e. The summed E-state index contributed by atoms with van der Waals surface area (Å²) in [6, 6.07) is 9.62. The molecule has 25 heavy (non-hydrogen) atoms. The van der Waals surface area contributed by atoms with Gasteiger partial charge in [-0.3, -0.25) is 0 Å². The molecule has 1 saturated heterocycles. The minimum absolute atomic E-state index is 0.372. The molecule has 5 nitrogen and oxygen atoms in total. The number of fused-ring (bicyclic) bond motifs is 1. The highest BCUT2D eigenvalue weighted by Gasteiger charge is 2.24. The van der Waals surface area contributed by atoms with Gasteiger partial charge in [0.1, 0.15) is 5.15 Å². The van der Waals surface area contributed by atoms with Crippen molar-refractivity contribution in [2.45, 2.75) is 19.0 Å². The molecule has 3 heterocycles. The third-order valence-corrected chi connectivity index (χ3v) is 5.18. The van der Waals surface area contributed by atoms with Gasteiger partial charge >= 0.3 is 0 Å². The molecule has 1 fully saturated rings. The van der Waals surface area contributed by atoms with E-state index in [0.29, 0.717) is 33.4 Å². The van der Waals surface area contributed by atoms with Crippen LogP contribution in [0.1, 0.15) is 12.0 Å². The van der Waals surface area contributed by atoms with Crippen molar-refractivity contribution < 1.29 is 0 Å². The summed E-state index contributed by atoms with van der Waals surface area (Å²) in [7, 11) is 0. The van der Waals surface area contributed by atoms with Crippen LogP contribution >= 0.6 is 34.8 Å². The summed E-state index contributed by atoms with van der Waals surface area (Å²) in [5.41, 5.74) is 2.59. The van der Waals surface area contributed by atoms with Gasteiger partial charge in [0.25, 0.3) is 0 Å². The maximum absolute atomic E-state index is 6.23. The van der Waals surface area contributed by atoms with Crippen LogP contribution in [0.5, 0.6) is 0 Å². The third-order valence-electron chi connectivity index (χ3n) is 4.38. The van der Waals surface area contributed by atoms with E-state index in [1.807, 2.05) is 18.2 Å². The van der Waals surface area contributed by atoms with Crippen molar-refractivity contribution in [1.29, 1.82) is 0 Å². The zero-order chi connectivity index (χ0) is 17.4. The summed E-state index contributed by atoms with van der Waals surface area (Å²) in [6.45, 7) is 2.52. The van der Waals surface area contributed by atoms with Gasteiger partial charge in [-0.15, -0.1) is 0 Å². The Morgan fingerprint density at radius 2 is 2.04 bits per heavy atom. The lowest BCUT2D eigenvalue weighted by atomic mass is 10.2. The molecule has 8 heteroatoms. The number of hydrogen-bond acceptors (Lipinski definition) is 4. The third kappa shape index (κ3) is 3.70. The minimum atomic E-state index is 0.372. The Bertz CT molecular complexity index is 910. The second-order valence-corrected chi connectivity index (χ2v) is 7.34. The normalized spacial score (nSPS) is 17.6. The highest BCUT2D eigenvalue weighted by molar-refractivity contribution is 6.35. The quantitative estimate of drug-likeness (QED) is 0.646. The Labute approximate surface area is 160 Å². The molecule has 0 saturated carbocycles. The first-order chi connectivity index (χ1) is 12.1. The Morgan fingerprint density at radius 1 is 1.16 bits per heavy atom. The molecule has 1 atom stereocenters. The molecule has 2 aromatic heterocycles. The monoisotopic (exact) mass is 395 g/mol. The van der Waals surface area contributed by atoms with E-state index in [-0.39, 0.29) is 0 Å². The molecular formula is C17H16Cl3N5. The Hall–Kier alpha value is -1.53. The van der Waals surface area contributed by atoms with Crippen molar-refractivity contribution in [3.63, 3.8) is 0 Å². The fraction of sp³-hybridized carbons (Fsp3) is 0.294. The highest BCUT2D eigenvalue weighted by atomic mass is 35.5. The molecule has 0 bridgehead atoms. The van der Waals surface area contributed by atoms with E-state index < -0.39 is 0 Å². The maximum Gasteiger partial charge on any atom is 0.205 e. The number of nitrogens with zero attached hydrogens (tertiary/aromatic N) is 3. The molecule has 1 aliphatic rings. The fourth-order valence-corrected chi connectivity index (χ4v) is 3.66. The van der Waals surface area contributed by atoms with E-state index in [0.717, 1.165) is 36.5 Å². The zero-order valence-corrected chi connectivity index (χ0v) is 15.5. The summed E-state index contributed by atoms with van der Waals surface area (Å²) in [5.74, 6) is 0.832. The van der Waals surface area contributed by atoms with E-state index in [1.165, 1.54) is 0 Å². The zero-order valence-electron chi connectivity index (χ0n) is 13.3. The molecule has 0 spiro atoms. The van der Waals surface area contributed by atoms with Crippen LogP contribution in [0.4, 0.5) is 5.95 Å². The topological polar surface area (TPSA) is 56.8 Å². The summed E-state index contributed by atoms with van der Waals surface area (Å²) in [5, 5.41) is 5.35. The van der Waals surface area contributed by atoms with E-state index in [4.69, 9.17) is 34.8 Å². The van der Waals surface area contributed by atoms with Crippen molar-refractivity contribution >= 4 is 51.9 Å². The number of anilines is 1. The molecule has 1 aromatic carbocycles. The first-order valence-electron chi connectivity index (χ1n) is 8.03. The number of nitrogens with one attached hydrogen (secondary N) is 2. The van der Waals surface area contributed by atoms with Gasteiger partial charge in [-0.2, -0.15) is 4.98 Å². The smallest absolute Gasteiger partial charge is 0.205 e. The number of hydrogen-bond donors (Lipinski definition) is 2. The highest BCUT2D eigenvalue weighted by Crippen LogP contribution is 2.23. The predicted molar refractivity (Wildman–Crippen MR) is 103 cm³/mol. The molecule has 0 amide bonds. The lowest BCUT2D eigenvalue weighted by Crippen LogP contribution is -2.32. The van der Waals surface area contributed by atoms with Gasteiger partial charge in [0.15, 0.2) is 5.65 Å². The van der Waals surface area contributed by atoms with Gasteiger partial charge < -0.3 is 15.2 Å². The van der Waals surface area contributed by atoms with Gasteiger partial charge in [-0.25, -0.2) is 4.98 Å². The number of aromatic nitrogens is 3. The number of imidazole rings is 1. The first kappa shape index (κ1) is 16.9. The second kappa shape index (κ2) is 7.00. The number of aromatic amines is 1. The van der Waals surface area contributed by atoms with Gasteiger partial charge in [0.05, 0.1) is 5.52 Å². The number of benzene rings is 1. The van der Waals surface area contributed by atoms with Crippen LogP contribution in [-0.2, 0) is 6.54 Å². The lowest BCUT2D eigenvalue weighted by Gasteiger charge is -2.16. The standard InChI is InChI=1S/C17H16Cl3N5/c18-11-2-1-10(13(19)7-11)8-21-12-5-6-25(9-12)17-22-14-3-4-15(20)23-16(14)24-17/h1-4,7,12,21H,5-6,8-9H2,(H,22,23,24)/t12-/m0/s1. The summed E-state index contributed by atoms with van der Waals surface area (Å²) in [6.07, 6.45) is 1.04. The van der Waals surface area contributed by atoms with E-state index in [2.05, 4.69) is 25.2 Å². The van der Waals surface area contributed by atoms with Gasteiger partial charge in [-0.1, -0.05) is 40.9 Å². The Balaban J connectivity index is 1.40. The molecule has 4 rings (SSSR count). The fourth-order valence-electron chi connectivity index (χ4n) is 3.05. The van der Waals surface area contributed by atoms with Crippen molar-refractivity contribution in [2.24, 2.45) is 0 Å². The van der Waals surface area contributed by atoms with Crippen LogP contribution in [0, 0.1) is 0 Å². The van der Waals surface area contributed by atoms with Crippen LogP contribution in [0.25, 0.3) is 11.2 Å². The lowest BCUT2D eigenvalue weighted by molar-refractivity contribution is 0.551. The van der Waals surface area contributed by atoms with E-state index >= 15 is 0 Å². The summed E-state index contributed by atoms with van der Waals surface area (Å²) in [4.78, 5) is 14.3. The molecule has 130 valence electrons. The van der Waals surface area contributed by atoms with Crippen LogP contribution in [0.2, 0.25) is 15.2 Å². The Kier molecular flexibility index (Phi) is 4.73. The summed E-state index contributed by atoms with van der Waals surface area (Å²) >= 11 is 18.1. The maximum atomic E-state index is 6.23. The van der Waals surface area contributed by atoms with Crippen LogP contribution in [0.15, 0.2) is 30.3 Å². The molecule has 2 N–H and O–H groups in total. The first-order valence-corrected chi connectivity index (χ1v) is 9.16. The number of H-pyrrole nitrogens is 1. The van der Waals surface area contributed by atoms with E-state index in [1.54, 1.807) is 12.1 Å². The van der Waals surface area contributed by atoms with Crippen LogP contribution < -0.4 is 10.2 Å². The van der Waals surface area contributed by atoms with E-state index in [9.17, 15) is 0 Å². The number of halogens is 3. The van der Waals surface area contributed by atoms with Crippen LogP contribution in [0.3, 0.4) is 0 Å². The van der Waals surface area contributed by atoms with Crippen molar-refractivity contribution in [3.8, 4) is 0 Å². The Morgan fingerprint density at radius 3 is 2.88 bits per heavy atom. The average molecular weight is 397 g/mol. The molecule has 1 aliphatic heterocycles. The van der Waals surface area contributed by atoms with Gasteiger partial charge in [0, 0.05) is 35.7 Å². The average Bonchev–Trinajstić information content (AvgIpc) is 3.20. The van der Waals surface area contributed by atoms with Crippen LogP contribution in [-0.4, -0.2) is 34.1 Å². The molecular weight excluding hydrogens is 381 g/mol. The van der Waals surface area contributed by atoms with Gasteiger partial charge in [-0.05, 0) is 36.2 Å². The van der Waals surface area contributed by atoms with Crippen molar-refractivity contribution in [3.05, 3.63) is 51.1 Å². The number of pyridine rings is 1. The SMILES string of the molecule is Clc1ccc(CN[C@H]2CCN(c3nc4nc(Cl)ccc4[nH]3)C2)c(Cl)c1. The van der Waals surface area contributed by atoms with Gasteiger partial charge in [0.2, 0.25) is 5.95 Å². The molecule has 0 unspecified atom stereocenters. The summed E-state index contributed by atoms with van der Waals surface area (Å²) < 4.78 is 0. The molecule has 0 aliphatic carbocycles. The molecule has 3 aromatic rings. The largest absolute Gasteiger partial charge is 0.341 e. The van der Waals surface area contributed by atoms with Crippen molar-refractivity contribution in [2.75, 3.05) is 18.0 Å². The van der Waals surface area contributed by atoms with Crippen molar-refractivity contribution in [1.82, 2.24) is 20.3 Å². The predicted octanol–water partition coefficient (Wildman–Crippen LogP) is 4.29. The second-order valence-electron chi connectivity index (χ2n) is 6.11. The number of rotatable bonds is 4. The molecule has 0 radical (unpaired) electrons.